The zero-order valence-corrected chi connectivity index (χ0v) is 22.0. The third-order valence-corrected chi connectivity index (χ3v) is 7.55. The molecule has 0 bridgehead atoms. The molecule has 0 radical (unpaired) electrons. The minimum absolute atomic E-state index is 0.0220. The van der Waals surface area contributed by atoms with Gasteiger partial charge in [-0.25, -0.2) is 4.98 Å². The van der Waals surface area contributed by atoms with Crippen LogP contribution < -0.4 is 9.64 Å². The number of carbonyl (C=O) groups excluding carboxylic acids is 2. The number of anilines is 1. The Morgan fingerprint density at radius 1 is 1.05 bits per heavy atom. The van der Waals surface area contributed by atoms with Crippen LogP contribution in [0.2, 0.25) is 5.02 Å². The molecule has 37 heavy (non-hydrogen) atoms. The van der Waals surface area contributed by atoms with Gasteiger partial charge in [0.1, 0.15) is 11.5 Å². The van der Waals surface area contributed by atoms with E-state index in [9.17, 15) is 14.7 Å². The number of hydrogen-bond donors (Lipinski definition) is 1. The Kier molecular flexibility index (Phi) is 7.00. The summed E-state index contributed by atoms with van der Waals surface area (Å²) in [6.45, 7) is 4.66. The van der Waals surface area contributed by atoms with Crippen LogP contribution in [-0.4, -0.2) is 28.4 Å². The largest absolute Gasteiger partial charge is 0.507 e. The van der Waals surface area contributed by atoms with Gasteiger partial charge in [0.25, 0.3) is 5.78 Å². The first-order chi connectivity index (χ1) is 17.9. The van der Waals surface area contributed by atoms with Crippen molar-refractivity contribution in [2.24, 2.45) is 0 Å². The van der Waals surface area contributed by atoms with E-state index in [1.165, 1.54) is 16.2 Å². The van der Waals surface area contributed by atoms with Crippen LogP contribution in [0.1, 0.15) is 43.0 Å². The fraction of sp³-hybridized carbons (Fsp3) is 0.207. The summed E-state index contributed by atoms with van der Waals surface area (Å²) in [5.74, 6) is -1.07. The highest BCUT2D eigenvalue weighted by atomic mass is 35.5. The number of aliphatic hydroxyl groups excluding tert-OH is 1. The van der Waals surface area contributed by atoms with Gasteiger partial charge in [-0.05, 0) is 66.4 Å². The Hall–Kier alpha value is -3.68. The van der Waals surface area contributed by atoms with Crippen LogP contribution in [0, 0.1) is 0 Å². The molecule has 4 aromatic rings. The molecule has 1 aliphatic heterocycles. The highest BCUT2D eigenvalue weighted by Gasteiger charge is 2.48. The highest BCUT2D eigenvalue weighted by Crippen LogP contribution is 2.44. The number of aromatic nitrogens is 1. The number of rotatable bonds is 7. The average Bonchev–Trinajstić information content (AvgIpc) is 3.45. The first kappa shape index (κ1) is 25.0. The number of amides is 1. The van der Waals surface area contributed by atoms with Gasteiger partial charge in [0.05, 0.1) is 28.4 Å². The second-order valence-electron chi connectivity index (χ2n) is 8.75. The zero-order valence-electron chi connectivity index (χ0n) is 20.4. The molecule has 1 amide bonds. The van der Waals surface area contributed by atoms with Gasteiger partial charge in [0, 0.05) is 10.6 Å². The summed E-state index contributed by atoms with van der Waals surface area (Å²) in [5, 5.41) is 12.3. The van der Waals surface area contributed by atoms with Crippen LogP contribution in [-0.2, 0) is 16.0 Å². The Morgan fingerprint density at radius 3 is 2.46 bits per heavy atom. The standard InChI is InChI=1S/C29H25ClN2O4S/c1-3-15-36-21-12-9-19(10-13-21)26(33)24-25(18-7-5-17(4-2)6-8-18)32(28(35)27(24)34)29-31-22-14-11-20(30)16-23(22)37-29/h5-14,16,25,33H,3-4,15H2,1-2H3. The van der Waals surface area contributed by atoms with E-state index in [1.54, 1.807) is 42.5 Å². The number of ketones is 1. The van der Waals surface area contributed by atoms with E-state index in [0.717, 1.165) is 23.1 Å². The van der Waals surface area contributed by atoms with Crippen LogP contribution in [0.5, 0.6) is 5.75 Å². The van der Waals surface area contributed by atoms with Crippen LogP contribution in [0.4, 0.5) is 5.13 Å². The quantitative estimate of drug-likeness (QED) is 0.159. The predicted octanol–water partition coefficient (Wildman–Crippen LogP) is 6.93. The molecule has 188 valence electrons. The number of nitrogens with zero attached hydrogens (tertiary/aromatic N) is 2. The van der Waals surface area contributed by atoms with Gasteiger partial charge in [-0.2, -0.15) is 0 Å². The highest BCUT2D eigenvalue weighted by molar-refractivity contribution is 7.22. The molecule has 1 fully saturated rings. The molecular formula is C29H25ClN2O4S. The van der Waals surface area contributed by atoms with Crippen molar-refractivity contribution in [1.29, 1.82) is 0 Å². The van der Waals surface area contributed by atoms with Crippen molar-refractivity contribution in [3.8, 4) is 5.75 Å². The van der Waals surface area contributed by atoms with E-state index in [1.807, 2.05) is 31.2 Å². The SMILES string of the molecule is CCCOc1ccc(C(O)=C2C(=O)C(=O)N(c3nc4ccc(Cl)cc4s3)C2c2ccc(CC)cc2)cc1. The monoisotopic (exact) mass is 532 g/mol. The third-order valence-electron chi connectivity index (χ3n) is 6.29. The molecular weight excluding hydrogens is 508 g/mol. The van der Waals surface area contributed by atoms with E-state index < -0.39 is 17.7 Å². The van der Waals surface area contributed by atoms with Gasteiger partial charge in [0.2, 0.25) is 0 Å². The summed E-state index contributed by atoms with van der Waals surface area (Å²) in [6.07, 6.45) is 1.73. The number of aliphatic hydroxyl groups is 1. The second-order valence-corrected chi connectivity index (χ2v) is 10.2. The number of aryl methyl sites for hydroxylation is 1. The van der Waals surface area contributed by atoms with Gasteiger partial charge in [-0.15, -0.1) is 0 Å². The van der Waals surface area contributed by atoms with Crippen molar-refractivity contribution in [1.82, 2.24) is 4.98 Å². The maximum absolute atomic E-state index is 13.4. The fourth-order valence-electron chi connectivity index (χ4n) is 4.35. The Morgan fingerprint density at radius 2 is 1.78 bits per heavy atom. The summed E-state index contributed by atoms with van der Waals surface area (Å²) in [7, 11) is 0. The van der Waals surface area contributed by atoms with Crippen molar-refractivity contribution in [2.75, 3.05) is 11.5 Å². The van der Waals surface area contributed by atoms with Crippen molar-refractivity contribution in [3.05, 3.63) is 94.0 Å². The summed E-state index contributed by atoms with van der Waals surface area (Å²) < 4.78 is 6.43. The average molecular weight is 533 g/mol. The lowest BCUT2D eigenvalue weighted by Gasteiger charge is -2.23. The van der Waals surface area contributed by atoms with Gasteiger partial charge in [-0.1, -0.05) is 61.1 Å². The molecule has 8 heteroatoms. The Bertz CT molecular complexity index is 1510. The van der Waals surface area contributed by atoms with Crippen LogP contribution in [0.25, 0.3) is 16.0 Å². The number of thiazole rings is 1. The normalized spacial score (nSPS) is 17.1. The van der Waals surface area contributed by atoms with Crippen LogP contribution in [0.3, 0.4) is 0 Å². The molecule has 1 N–H and O–H groups in total. The smallest absolute Gasteiger partial charge is 0.301 e. The summed E-state index contributed by atoms with van der Waals surface area (Å²) in [4.78, 5) is 32.8. The van der Waals surface area contributed by atoms with E-state index in [4.69, 9.17) is 16.3 Å². The van der Waals surface area contributed by atoms with Crippen molar-refractivity contribution in [3.63, 3.8) is 0 Å². The predicted molar refractivity (Wildman–Crippen MR) is 147 cm³/mol. The molecule has 0 saturated carbocycles. The zero-order chi connectivity index (χ0) is 26.1. The maximum Gasteiger partial charge on any atom is 0.301 e. The number of benzene rings is 3. The number of halogens is 1. The van der Waals surface area contributed by atoms with Crippen molar-refractivity contribution >= 4 is 55.7 Å². The minimum atomic E-state index is -0.835. The van der Waals surface area contributed by atoms with Crippen molar-refractivity contribution in [2.45, 2.75) is 32.7 Å². The van der Waals surface area contributed by atoms with E-state index in [-0.39, 0.29) is 11.3 Å². The number of Topliss-reactive ketones (excluding diaryl/α,β-unsaturated/α-hetero) is 1. The number of carbonyl (C=O) groups is 2. The van der Waals surface area contributed by atoms with Crippen LogP contribution in [0.15, 0.2) is 72.3 Å². The molecule has 1 unspecified atom stereocenters. The van der Waals surface area contributed by atoms with Gasteiger partial charge >= 0.3 is 5.91 Å². The molecule has 6 nitrogen and oxygen atoms in total. The fourth-order valence-corrected chi connectivity index (χ4v) is 5.62. The molecule has 1 saturated heterocycles. The molecule has 2 heterocycles. The van der Waals surface area contributed by atoms with Crippen molar-refractivity contribution < 1.29 is 19.4 Å². The lowest BCUT2D eigenvalue weighted by atomic mass is 9.94. The second kappa shape index (κ2) is 10.4. The van der Waals surface area contributed by atoms with E-state index in [0.29, 0.717) is 39.2 Å². The van der Waals surface area contributed by atoms with Gasteiger partial charge in [-0.3, -0.25) is 14.5 Å². The number of fused-ring (bicyclic) bond motifs is 1. The molecule has 3 aromatic carbocycles. The molecule has 0 spiro atoms. The first-order valence-corrected chi connectivity index (χ1v) is 13.3. The lowest BCUT2D eigenvalue weighted by molar-refractivity contribution is -0.132. The number of ether oxygens (including phenoxy) is 1. The van der Waals surface area contributed by atoms with Gasteiger partial charge in [0.15, 0.2) is 5.13 Å². The Labute approximate surface area is 223 Å². The number of hydrogen-bond acceptors (Lipinski definition) is 6. The van der Waals surface area contributed by atoms with E-state index in [2.05, 4.69) is 11.9 Å². The molecule has 5 rings (SSSR count). The third kappa shape index (κ3) is 4.72. The molecule has 1 atom stereocenters. The van der Waals surface area contributed by atoms with E-state index >= 15 is 0 Å². The molecule has 1 aliphatic rings. The first-order valence-electron chi connectivity index (χ1n) is 12.1. The summed E-state index contributed by atoms with van der Waals surface area (Å²) >= 11 is 7.44. The molecule has 0 aliphatic carbocycles. The topological polar surface area (TPSA) is 79.7 Å². The maximum atomic E-state index is 13.4. The summed E-state index contributed by atoms with van der Waals surface area (Å²) in [6, 6.07) is 19.0. The van der Waals surface area contributed by atoms with Crippen LogP contribution >= 0.6 is 22.9 Å². The minimum Gasteiger partial charge on any atom is -0.507 e. The lowest BCUT2D eigenvalue weighted by Crippen LogP contribution is -2.29. The Balaban J connectivity index is 1.64. The summed E-state index contributed by atoms with van der Waals surface area (Å²) in [5.41, 5.74) is 2.95. The molecule has 1 aromatic heterocycles. The van der Waals surface area contributed by atoms with Gasteiger partial charge < -0.3 is 9.84 Å².